The fraction of sp³-hybridized carbons (Fsp3) is 0.800. The van der Waals surface area contributed by atoms with Gasteiger partial charge in [0.2, 0.25) is 5.91 Å². The molecule has 1 atom stereocenters. The molecule has 1 unspecified atom stereocenters. The summed E-state index contributed by atoms with van der Waals surface area (Å²) in [6, 6.07) is 0. The van der Waals surface area contributed by atoms with Crippen LogP contribution < -0.4 is 11.1 Å². The van der Waals surface area contributed by atoms with E-state index < -0.39 is 5.92 Å². The molecule has 0 rings (SSSR count). The van der Waals surface area contributed by atoms with Crippen molar-refractivity contribution in [1.29, 1.82) is 0 Å². The van der Waals surface area contributed by atoms with Crippen LogP contribution in [-0.4, -0.2) is 44.4 Å². The van der Waals surface area contributed by atoms with E-state index in [1.165, 1.54) is 0 Å². The third kappa shape index (κ3) is 7.56. The van der Waals surface area contributed by atoms with Gasteiger partial charge in [0.05, 0.1) is 24.1 Å². The number of nitrogens with two attached hydrogens (primary N) is 1. The lowest BCUT2D eigenvalue weighted by molar-refractivity contribution is -0.122. The molecule has 0 spiro atoms. The van der Waals surface area contributed by atoms with E-state index in [0.29, 0.717) is 26.4 Å². The monoisotopic (exact) mass is 248 g/mol. The van der Waals surface area contributed by atoms with Crippen molar-refractivity contribution in [2.24, 2.45) is 11.7 Å². The molecule has 0 aliphatic heterocycles. The summed E-state index contributed by atoms with van der Waals surface area (Å²) in [5.74, 6) is -0.547. The van der Waals surface area contributed by atoms with Crippen molar-refractivity contribution in [3.8, 4) is 0 Å². The molecule has 16 heavy (non-hydrogen) atoms. The van der Waals surface area contributed by atoms with Gasteiger partial charge in [-0.25, -0.2) is 0 Å². The third-order valence-electron chi connectivity index (χ3n) is 2.02. The number of hydrogen-bond acceptors (Lipinski definition) is 4. The lowest BCUT2D eigenvalue weighted by Gasteiger charge is -2.10. The molecule has 0 aliphatic rings. The Hall–Kier alpha value is -0.720. The highest BCUT2D eigenvalue weighted by atomic mass is 32.1. The molecule has 0 saturated carbocycles. The first kappa shape index (κ1) is 15.3. The first-order chi connectivity index (χ1) is 7.59. The molecule has 0 saturated heterocycles. The first-order valence-corrected chi connectivity index (χ1v) is 5.64. The summed E-state index contributed by atoms with van der Waals surface area (Å²) in [6.07, 6.45) is 0.763. The summed E-state index contributed by atoms with van der Waals surface area (Å²) < 4.78 is 10.1. The minimum absolute atomic E-state index is 0.135. The molecule has 94 valence electrons. The number of carbonyl (C=O) groups is 1. The van der Waals surface area contributed by atoms with Crippen molar-refractivity contribution < 1.29 is 14.3 Å². The fourth-order valence-corrected chi connectivity index (χ4v) is 1.02. The number of methoxy groups -OCH3 is 1. The maximum Gasteiger partial charge on any atom is 0.229 e. The highest BCUT2D eigenvalue weighted by Crippen LogP contribution is 1.94. The smallest absolute Gasteiger partial charge is 0.229 e. The number of amides is 1. The fourth-order valence-electron chi connectivity index (χ4n) is 0.912. The Morgan fingerprint density at radius 2 is 2.12 bits per heavy atom. The minimum Gasteiger partial charge on any atom is -0.393 e. The molecule has 0 fully saturated rings. The summed E-state index contributed by atoms with van der Waals surface area (Å²) in [4.78, 5) is 11.6. The number of thiocarbonyl (C=S) groups is 1. The Morgan fingerprint density at radius 3 is 2.69 bits per heavy atom. The van der Waals surface area contributed by atoms with Gasteiger partial charge in [0.15, 0.2) is 0 Å². The molecule has 3 N–H and O–H groups in total. The standard InChI is InChI=1S/C10H20N2O3S/c1-8(9(11)16)10(13)12-4-3-5-15-7-6-14-2/h8H,3-7H2,1-2H3,(H2,11,16)(H,12,13). The van der Waals surface area contributed by atoms with E-state index in [-0.39, 0.29) is 10.9 Å². The molecule has 0 aliphatic carbocycles. The molecule has 5 nitrogen and oxygen atoms in total. The minimum atomic E-state index is -0.413. The van der Waals surface area contributed by atoms with Crippen LogP contribution in [0.4, 0.5) is 0 Å². The number of rotatable bonds is 9. The van der Waals surface area contributed by atoms with Crippen LogP contribution in [0.3, 0.4) is 0 Å². The van der Waals surface area contributed by atoms with Crippen LogP contribution in [0.15, 0.2) is 0 Å². The molecule has 0 heterocycles. The number of hydrogen-bond donors (Lipinski definition) is 2. The zero-order chi connectivity index (χ0) is 12.4. The molecule has 1 amide bonds. The quantitative estimate of drug-likeness (QED) is 0.446. The predicted octanol–water partition coefficient (Wildman–Crippen LogP) is 0.0779. The van der Waals surface area contributed by atoms with Crippen LogP contribution in [0.2, 0.25) is 0 Å². The summed E-state index contributed by atoms with van der Waals surface area (Å²) in [5, 5.41) is 2.74. The Bertz CT molecular complexity index is 224. The van der Waals surface area contributed by atoms with Gasteiger partial charge in [-0.05, 0) is 13.3 Å². The van der Waals surface area contributed by atoms with E-state index >= 15 is 0 Å². The molecule has 0 aromatic rings. The van der Waals surface area contributed by atoms with E-state index in [1.807, 2.05) is 0 Å². The van der Waals surface area contributed by atoms with Crippen LogP contribution in [0, 0.1) is 5.92 Å². The largest absolute Gasteiger partial charge is 0.393 e. The van der Waals surface area contributed by atoms with E-state index in [9.17, 15) is 4.79 Å². The zero-order valence-electron chi connectivity index (χ0n) is 9.82. The van der Waals surface area contributed by atoms with E-state index in [2.05, 4.69) is 5.32 Å². The Morgan fingerprint density at radius 1 is 1.44 bits per heavy atom. The van der Waals surface area contributed by atoms with Gasteiger partial charge in [0.1, 0.15) is 0 Å². The molecule has 0 aromatic carbocycles. The van der Waals surface area contributed by atoms with Crippen molar-refractivity contribution in [1.82, 2.24) is 5.32 Å². The van der Waals surface area contributed by atoms with Gasteiger partial charge < -0.3 is 20.5 Å². The van der Waals surface area contributed by atoms with Gasteiger partial charge in [-0.15, -0.1) is 0 Å². The van der Waals surface area contributed by atoms with Crippen LogP contribution in [0.1, 0.15) is 13.3 Å². The maximum atomic E-state index is 11.4. The first-order valence-electron chi connectivity index (χ1n) is 5.23. The summed E-state index contributed by atoms with van der Waals surface area (Å²) >= 11 is 4.72. The van der Waals surface area contributed by atoms with Crippen LogP contribution >= 0.6 is 12.2 Å². The van der Waals surface area contributed by atoms with Crippen molar-refractivity contribution in [3.63, 3.8) is 0 Å². The van der Waals surface area contributed by atoms with E-state index in [0.717, 1.165) is 6.42 Å². The average molecular weight is 248 g/mol. The highest BCUT2D eigenvalue weighted by molar-refractivity contribution is 7.80. The number of ether oxygens (including phenoxy) is 2. The third-order valence-corrected chi connectivity index (χ3v) is 2.37. The number of carbonyl (C=O) groups excluding carboxylic acids is 1. The van der Waals surface area contributed by atoms with Gasteiger partial charge >= 0.3 is 0 Å². The van der Waals surface area contributed by atoms with Crippen molar-refractivity contribution in [2.75, 3.05) is 33.5 Å². The predicted molar refractivity (Wildman–Crippen MR) is 66.3 cm³/mol. The lowest BCUT2D eigenvalue weighted by atomic mass is 10.1. The van der Waals surface area contributed by atoms with Gasteiger partial charge in [-0.3, -0.25) is 4.79 Å². The molecule has 0 radical (unpaired) electrons. The molecular formula is C10H20N2O3S. The Kier molecular flexibility index (Phi) is 9.07. The Labute approximate surface area is 102 Å². The summed E-state index contributed by atoms with van der Waals surface area (Å²) in [6.45, 7) is 4.02. The average Bonchev–Trinajstić information content (AvgIpc) is 2.26. The second kappa shape index (κ2) is 9.50. The second-order valence-corrected chi connectivity index (χ2v) is 3.85. The van der Waals surface area contributed by atoms with Crippen LogP contribution in [0.25, 0.3) is 0 Å². The van der Waals surface area contributed by atoms with Gasteiger partial charge in [0.25, 0.3) is 0 Å². The summed E-state index contributed by atoms with van der Waals surface area (Å²) in [7, 11) is 1.63. The van der Waals surface area contributed by atoms with Crippen molar-refractivity contribution in [3.05, 3.63) is 0 Å². The van der Waals surface area contributed by atoms with Crippen molar-refractivity contribution in [2.45, 2.75) is 13.3 Å². The van der Waals surface area contributed by atoms with Crippen LogP contribution in [-0.2, 0) is 14.3 Å². The van der Waals surface area contributed by atoms with Crippen LogP contribution in [0.5, 0.6) is 0 Å². The van der Waals surface area contributed by atoms with E-state index in [4.69, 9.17) is 27.4 Å². The topological polar surface area (TPSA) is 73.6 Å². The van der Waals surface area contributed by atoms with Gasteiger partial charge in [0, 0.05) is 20.3 Å². The van der Waals surface area contributed by atoms with Gasteiger partial charge in [-0.2, -0.15) is 0 Å². The second-order valence-electron chi connectivity index (χ2n) is 3.37. The normalized spacial score (nSPS) is 12.1. The summed E-state index contributed by atoms with van der Waals surface area (Å²) in [5.41, 5.74) is 5.35. The molecule has 6 heteroatoms. The molecule has 0 aromatic heterocycles. The SMILES string of the molecule is COCCOCCCNC(=O)C(C)C(N)=S. The molecule has 0 bridgehead atoms. The van der Waals surface area contributed by atoms with E-state index in [1.54, 1.807) is 14.0 Å². The van der Waals surface area contributed by atoms with Gasteiger partial charge in [-0.1, -0.05) is 12.2 Å². The lowest BCUT2D eigenvalue weighted by Crippen LogP contribution is -2.36. The molecular weight excluding hydrogens is 228 g/mol. The number of nitrogens with one attached hydrogen (secondary N) is 1. The Balaban J connectivity index is 3.38. The maximum absolute atomic E-state index is 11.4. The highest BCUT2D eigenvalue weighted by Gasteiger charge is 2.14. The van der Waals surface area contributed by atoms with Crippen molar-refractivity contribution >= 4 is 23.1 Å². The zero-order valence-corrected chi connectivity index (χ0v) is 10.6.